The molecule has 9 heteroatoms. The molecule has 2 heterocycles. The van der Waals surface area contributed by atoms with E-state index in [0.29, 0.717) is 25.3 Å². The highest BCUT2D eigenvalue weighted by molar-refractivity contribution is 5.96. The zero-order valence-corrected chi connectivity index (χ0v) is 16.0. The van der Waals surface area contributed by atoms with Crippen LogP contribution in [-0.4, -0.2) is 85.1 Å². The summed E-state index contributed by atoms with van der Waals surface area (Å²) in [6.45, 7) is 2.23. The summed E-state index contributed by atoms with van der Waals surface area (Å²) in [5.41, 5.74) is 6.46. The summed E-state index contributed by atoms with van der Waals surface area (Å²) in [6, 6.07) is 5.30. The summed E-state index contributed by atoms with van der Waals surface area (Å²) in [5.74, 6) is -0.249. The second kappa shape index (κ2) is 8.47. The number of carbonyl (C=O) groups excluding carboxylic acids is 3. The number of fused-ring (bicyclic) bond motifs is 1. The minimum absolute atomic E-state index is 0.00710. The fraction of sp³-hybridized carbons (Fsp3) is 0.526. The number of aliphatic hydroxyl groups is 1. The number of ether oxygens (including phenoxy) is 1. The number of aliphatic hydroxyl groups excluding tert-OH is 1. The molecular weight excluding hydrogens is 364 g/mol. The van der Waals surface area contributed by atoms with E-state index in [-0.39, 0.29) is 37.7 Å². The summed E-state index contributed by atoms with van der Waals surface area (Å²) in [5, 5.41) is 10.3. The van der Waals surface area contributed by atoms with Crippen molar-refractivity contribution in [2.45, 2.75) is 18.9 Å². The van der Waals surface area contributed by atoms with Gasteiger partial charge in [0.05, 0.1) is 18.3 Å². The number of amides is 3. The van der Waals surface area contributed by atoms with Crippen molar-refractivity contribution in [2.75, 3.05) is 51.3 Å². The quantitative estimate of drug-likeness (QED) is 0.711. The molecule has 1 fully saturated rings. The smallest absolute Gasteiger partial charge is 0.254 e. The van der Waals surface area contributed by atoms with Crippen molar-refractivity contribution in [3.8, 4) is 5.75 Å². The molecule has 1 aromatic carbocycles. The van der Waals surface area contributed by atoms with Crippen LogP contribution in [0.25, 0.3) is 0 Å². The van der Waals surface area contributed by atoms with E-state index in [1.54, 1.807) is 23.1 Å². The van der Waals surface area contributed by atoms with Crippen LogP contribution in [0.4, 0.5) is 5.69 Å². The van der Waals surface area contributed by atoms with Crippen LogP contribution in [0.15, 0.2) is 18.2 Å². The minimum Gasteiger partial charge on any atom is -0.490 e. The van der Waals surface area contributed by atoms with Crippen LogP contribution in [0.3, 0.4) is 0 Å². The maximum absolute atomic E-state index is 13.0. The van der Waals surface area contributed by atoms with Crippen LogP contribution < -0.4 is 15.4 Å². The molecule has 0 spiro atoms. The van der Waals surface area contributed by atoms with Gasteiger partial charge in [0.2, 0.25) is 11.8 Å². The van der Waals surface area contributed by atoms with Crippen LogP contribution in [0.2, 0.25) is 0 Å². The fourth-order valence-corrected chi connectivity index (χ4v) is 3.46. The standard InChI is InChI=1S/C19H26N4O5/c1-21-8-9-28-16-3-2-13(10-15(16)21)19(27)23-7-6-22(11-14(24)12-23)18(26)5-4-17(20)25/h2-3,10,14,24H,4-9,11-12H2,1H3,(H2,20,25). The maximum atomic E-state index is 13.0. The number of anilines is 1. The number of benzene rings is 1. The van der Waals surface area contributed by atoms with Gasteiger partial charge < -0.3 is 30.3 Å². The summed E-state index contributed by atoms with van der Waals surface area (Å²) in [7, 11) is 1.95. The van der Waals surface area contributed by atoms with E-state index in [1.807, 2.05) is 11.9 Å². The molecule has 28 heavy (non-hydrogen) atoms. The molecule has 3 amide bonds. The number of hydrogen-bond acceptors (Lipinski definition) is 6. The molecule has 0 bridgehead atoms. The van der Waals surface area contributed by atoms with Gasteiger partial charge in [0.1, 0.15) is 12.4 Å². The van der Waals surface area contributed by atoms with Crippen molar-refractivity contribution in [1.29, 1.82) is 0 Å². The molecule has 3 N–H and O–H groups in total. The monoisotopic (exact) mass is 390 g/mol. The van der Waals surface area contributed by atoms with Crippen LogP contribution in [0.5, 0.6) is 5.75 Å². The Kier molecular flexibility index (Phi) is 6.03. The Labute approximate surface area is 163 Å². The topological polar surface area (TPSA) is 116 Å². The number of primary amides is 1. The van der Waals surface area contributed by atoms with Crippen LogP contribution in [-0.2, 0) is 9.59 Å². The van der Waals surface area contributed by atoms with Gasteiger partial charge in [0.25, 0.3) is 5.91 Å². The van der Waals surface area contributed by atoms with Crippen molar-refractivity contribution in [3.63, 3.8) is 0 Å². The summed E-state index contributed by atoms with van der Waals surface area (Å²) in [4.78, 5) is 41.1. The Bertz CT molecular complexity index is 769. The van der Waals surface area contributed by atoms with E-state index in [1.165, 1.54) is 4.90 Å². The number of nitrogens with two attached hydrogens (primary N) is 1. The van der Waals surface area contributed by atoms with E-state index in [2.05, 4.69) is 0 Å². The molecule has 2 aliphatic rings. The number of nitrogens with zero attached hydrogens (tertiary/aromatic N) is 3. The van der Waals surface area contributed by atoms with Gasteiger partial charge in [-0.3, -0.25) is 14.4 Å². The van der Waals surface area contributed by atoms with Gasteiger partial charge in [0, 0.05) is 51.6 Å². The number of carbonyl (C=O) groups is 3. The number of β-amino-alcohol motifs (C(OH)–C–C–N with tert-alkyl or cyclic N) is 1. The fourth-order valence-electron chi connectivity index (χ4n) is 3.46. The molecule has 1 atom stereocenters. The molecule has 0 aromatic heterocycles. The highest BCUT2D eigenvalue weighted by atomic mass is 16.5. The van der Waals surface area contributed by atoms with Gasteiger partial charge in [-0.05, 0) is 18.2 Å². The minimum atomic E-state index is -0.854. The third kappa shape index (κ3) is 4.53. The zero-order valence-electron chi connectivity index (χ0n) is 16.0. The molecule has 9 nitrogen and oxygen atoms in total. The summed E-state index contributed by atoms with van der Waals surface area (Å²) in [6.07, 6.45) is -0.876. The first-order chi connectivity index (χ1) is 13.3. The number of hydrogen-bond donors (Lipinski definition) is 2. The Morgan fingerprint density at radius 3 is 2.61 bits per heavy atom. The molecule has 0 aliphatic carbocycles. The highest BCUT2D eigenvalue weighted by Crippen LogP contribution is 2.31. The number of likely N-dealkylation sites (N-methyl/N-ethyl adjacent to an activating group) is 1. The molecule has 2 aliphatic heterocycles. The van der Waals surface area contributed by atoms with E-state index < -0.39 is 12.0 Å². The van der Waals surface area contributed by atoms with Crippen LogP contribution in [0, 0.1) is 0 Å². The third-order valence-corrected chi connectivity index (χ3v) is 5.03. The second-order valence-corrected chi connectivity index (χ2v) is 7.16. The lowest BCUT2D eigenvalue weighted by Crippen LogP contribution is -2.38. The Morgan fingerprint density at radius 1 is 1.14 bits per heavy atom. The normalized spacial score (nSPS) is 19.5. The average molecular weight is 390 g/mol. The Hall–Kier alpha value is -2.81. The SMILES string of the molecule is CN1CCOc2ccc(C(=O)N3CCN(C(=O)CCC(N)=O)CC(O)C3)cc21. The largest absolute Gasteiger partial charge is 0.490 e. The predicted octanol–water partition coefficient (Wildman–Crippen LogP) is -0.574. The van der Waals surface area contributed by atoms with Crippen LogP contribution >= 0.6 is 0 Å². The molecule has 1 unspecified atom stereocenters. The Morgan fingerprint density at radius 2 is 1.86 bits per heavy atom. The Balaban J connectivity index is 1.68. The van der Waals surface area contributed by atoms with Crippen LogP contribution in [0.1, 0.15) is 23.2 Å². The van der Waals surface area contributed by atoms with Gasteiger partial charge >= 0.3 is 0 Å². The van der Waals surface area contributed by atoms with E-state index >= 15 is 0 Å². The lowest BCUT2D eigenvalue weighted by Gasteiger charge is -2.28. The van der Waals surface area contributed by atoms with Gasteiger partial charge in [-0.2, -0.15) is 0 Å². The first-order valence-electron chi connectivity index (χ1n) is 9.36. The third-order valence-electron chi connectivity index (χ3n) is 5.03. The van der Waals surface area contributed by atoms with E-state index in [0.717, 1.165) is 18.0 Å². The molecule has 152 valence electrons. The number of rotatable bonds is 4. The molecular formula is C19H26N4O5. The molecule has 1 aromatic rings. The highest BCUT2D eigenvalue weighted by Gasteiger charge is 2.28. The summed E-state index contributed by atoms with van der Waals surface area (Å²) < 4.78 is 5.61. The van der Waals surface area contributed by atoms with Gasteiger partial charge in [-0.1, -0.05) is 0 Å². The average Bonchev–Trinajstić information content (AvgIpc) is 2.87. The van der Waals surface area contributed by atoms with Crippen molar-refractivity contribution in [3.05, 3.63) is 23.8 Å². The van der Waals surface area contributed by atoms with Crippen molar-refractivity contribution >= 4 is 23.4 Å². The van der Waals surface area contributed by atoms with Crippen molar-refractivity contribution in [1.82, 2.24) is 9.80 Å². The molecule has 3 rings (SSSR count). The van der Waals surface area contributed by atoms with E-state index in [9.17, 15) is 19.5 Å². The molecule has 1 saturated heterocycles. The second-order valence-electron chi connectivity index (χ2n) is 7.16. The van der Waals surface area contributed by atoms with Gasteiger partial charge in [-0.15, -0.1) is 0 Å². The van der Waals surface area contributed by atoms with Gasteiger partial charge in [-0.25, -0.2) is 0 Å². The first kappa shape index (κ1) is 19.9. The molecule has 0 saturated carbocycles. The summed E-state index contributed by atoms with van der Waals surface area (Å²) >= 11 is 0. The lowest BCUT2D eigenvalue weighted by atomic mass is 10.1. The van der Waals surface area contributed by atoms with Crippen molar-refractivity contribution < 1.29 is 24.2 Å². The maximum Gasteiger partial charge on any atom is 0.254 e. The zero-order chi connectivity index (χ0) is 20.3. The van der Waals surface area contributed by atoms with E-state index in [4.69, 9.17) is 10.5 Å². The predicted molar refractivity (Wildman–Crippen MR) is 102 cm³/mol. The molecule has 0 radical (unpaired) electrons. The lowest BCUT2D eigenvalue weighted by molar-refractivity contribution is -0.133. The first-order valence-corrected chi connectivity index (χ1v) is 9.36. The van der Waals surface area contributed by atoms with Crippen molar-refractivity contribution in [2.24, 2.45) is 5.73 Å². The van der Waals surface area contributed by atoms with Gasteiger partial charge in [0.15, 0.2) is 0 Å².